The normalized spacial score (nSPS) is 9.56. The Balaban J connectivity index is 3.15. The lowest BCUT2D eigenvalue weighted by Crippen LogP contribution is -1.69. The minimum Gasteiger partial charge on any atom is -0.440 e. The Labute approximate surface area is 61.4 Å². The van der Waals surface area contributed by atoms with Gasteiger partial charge >= 0.3 is 0 Å². The maximum absolute atomic E-state index is 10.0. The van der Waals surface area contributed by atoms with Gasteiger partial charge in [0, 0.05) is 6.07 Å². The van der Waals surface area contributed by atoms with Crippen LogP contribution in [0.1, 0.15) is 10.6 Å². The highest BCUT2D eigenvalue weighted by Crippen LogP contribution is 2.22. The van der Waals surface area contributed by atoms with Gasteiger partial charge in [0.05, 0.1) is 5.02 Å². The lowest BCUT2D eigenvalue weighted by atomic mass is 10.5. The van der Waals surface area contributed by atoms with Gasteiger partial charge in [0.15, 0.2) is 17.3 Å². The zero-order valence-corrected chi connectivity index (χ0v) is 5.74. The number of carbonyl (C=O) groups is 1. The van der Waals surface area contributed by atoms with E-state index in [1.54, 1.807) is 0 Å². The molecular weight excluding hydrogens is 163 g/mol. The molecule has 0 saturated carbocycles. The molecule has 0 radical (unpaired) electrons. The van der Waals surface area contributed by atoms with Crippen molar-refractivity contribution in [2.75, 3.05) is 0 Å². The van der Waals surface area contributed by atoms with Crippen LogP contribution in [0.5, 0.6) is 0 Å². The van der Waals surface area contributed by atoms with Crippen LogP contribution < -0.4 is 0 Å². The maximum atomic E-state index is 10.0. The smallest absolute Gasteiger partial charge is 0.195 e. The quantitative estimate of drug-likeness (QED) is 0.598. The van der Waals surface area contributed by atoms with E-state index in [4.69, 9.17) is 23.2 Å². The molecule has 0 aliphatic heterocycles. The first-order valence-corrected chi connectivity index (χ1v) is 2.89. The molecule has 1 aromatic rings. The number of aldehydes is 1. The summed E-state index contributed by atoms with van der Waals surface area (Å²) in [6, 6.07) is 1.37. The molecule has 1 heterocycles. The maximum Gasteiger partial charge on any atom is 0.195 e. The highest BCUT2D eigenvalue weighted by molar-refractivity contribution is 6.35. The second-order valence-corrected chi connectivity index (χ2v) is 2.16. The van der Waals surface area contributed by atoms with Crippen LogP contribution in [0.4, 0.5) is 0 Å². The summed E-state index contributed by atoms with van der Waals surface area (Å²) >= 11 is 10.8. The van der Waals surface area contributed by atoms with E-state index in [0.29, 0.717) is 6.29 Å². The van der Waals surface area contributed by atoms with Gasteiger partial charge in [-0.2, -0.15) is 0 Å². The van der Waals surface area contributed by atoms with Crippen LogP contribution in [0.25, 0.3) is 0 Å². The van der Waals surface area contributed by atoms with Gasteiger partial charge in [-0.25, -0.2) is 0 Å². The molecule has 0 amide bonds. The van der Waals surface area contributed by atoms with Gasteiger partial charge in [0.2, 0.25) is 0 Å². The van der Waals surface area contributed by atoms with Crippen molar-refractivity contribution < 1.29 is 9.21 Å². The second kappa shape index (κ2) is 2.42. The van der Waals surface area contributed by atoms with Gasteiger partial charge in [-0.05, 0) is 11.6 Å². The van der Waals surface area contributed by atoms with E-state index in [9.17, 15) is 4.79 Å². The predicted molar refractivity (Wildman–Crippen MR) is 34.1 cm³/mol. The fourth-order valence-electron chi connectivity index (χ4n) is 0.434. The third-order valence-electron chi connectivity index (χ3n) is 0.790. The monoisotopic (exact) mass is 164 g/mol. The molecular formula is C5H2Cl2O2. The number of halogens is 2. The topological polar surface area (TPSA) is 30.2 Å². The molecule has 2 nitrogen and oxygen atoms in total. The highest BCUT2D eigenvalue weighted by Gasteiger charge is 2.04. The fourth-order valence-corrected chi connectivity index (χ4v) is 0.865. The number of furan rings is 1. The molecule has 0 atom stereocenters. The first-order valence-electron chi connectivity index (χ1n) is 2.14. The van der Waals surface area contributed by atoms with E-state index in [-0.39, 0.29) is 16.0 Å². The van der Waals surface area contributed by atoms with Crippen molar-refractivity contribution >= 4 is 29.5 Å². The molecule has 0 unspecified atom stereocenters. The fraction of sp³-hybridized carbons (Fsp3) is 0. The van der Waals surface area contributed by atoms with E-state index in [1.807, 2.05) is 0 Å². The van der Waals surface area contributed by atoms with Crippen LogP contribution in [-0.2, 0) is 0 Å². The lowest BCUT2D eigenvalue weighted by Gasteiger charge is -1.76. The van der Waals surface area contributed by atoms with Gasteiger partial charge in [-0.15, -0.1) is 0 Å². The van der Waals surface area contributed by atoms with Crippen molar-refractivity contribution in [3.05, 3.63) is 22.1 Å². The van der Waals surface area contributed by atoms with Gasteiger partial charge < -0.3 is 4.42 Å². The van der Waals surface area contributed by atoms with E-state index >= 15 is 0 Å². The van der Waals surface area contributed by atoms with Crippen LogP contribution in [0.3, 0.4) is 0 Å². The molecule has 0 N–H and O–H groups in total. The van der Waals surface area contributed by atoms with Crippen LogP contribution in [0.15, 0.2) is 10.5 Å². The Bertz CT molecular complexity index is 229. The molecule has 9 heavy (non-hydrogen) atoms. The van der Waals surface area contributed by atoms with Gasteiger partial charge in [-0.3, -0.25) is 4.79 Å². The average Bonchev–Trinajstić information content (AvgIpc) is 2.10. The number of rotatable bonds is 1. The van der Waals surface area contributed by atoms with Gasteiger partial charge in [-0.1, -0.05) is 11.6 Å². The summed E-state index contributed by atoms with van der Waals surface area (Å²) in [5, 5.41) is 0.372. The van der Waals surface area contributed by atoms with Gasteiger partial charge in [0.25, 0.3) is 0 Å². The molecule has 0 aliphatic rings. The number of carbonyl (C=O) groups excluding carboxylic acids is 1. The number of hydrogen-bond donors (Lipinski definition) is 0. The Kier molecular flexibility index (Phi) is 1.78. The first-order chi connectivity index (χ1) is 4.24. The third-order valence-corrected chi connectivity index (χ3v) is 1.27. The molecule has 48 valence electrons. The Morgan fingerprint density at radius 1 is 1.56 bits per heavy atom. The molecule has 0 aromatic carbocycles. The predicted octanol–water partition coefficient (Wildman–Crippen LogP) is 2.40. The SMILES string of the molecule is O=Cc1oc(Cl)cc1Cl. The van der Waals surface area contributed by atoms with Crippen LogP contribution in [0, 0.1) is 0 Å². The first kappa shape index (κ1) is 6.65. The zero-order chi connectivity index (χ0) is 6.85. The van der Waals surface area contributed by atoms with E-state index in [0.717, 1.165) is 0 Å². The Hall–Kier alpha value is -0.470. The van der Waals surface area contributed by atoms with Crippen molar-refractivity contribution in [2.24, 2.45) is 0 Å². The third kappa shape index (κ3) is 1.26. The highest BCUT2D eigenvalue weighted by atomic mass is 35.5. The van der Waals surface area contributed by atoms with Crippen molar-refractivity contribution in [3.63, 3.8) is 0 Å². The van der Waals surface area contributed by atoms with Crippen molar-refractivity contribution in [3.8, 4) is 0 Å². The van der Waals surface area contributed by atoms with Crippen molar-refractivity contribution in [2.45, 2.75) is 0 Å². The molecule has 1 aromatic heterocycles. The van der Waals surface area contributed by atoms with E-state index < -0.39 is 0 Å². The summed E-state index contributed by atoms with van der Waals surface area (Å²) in [5.74, 6) is 0.0710. The Morgan fingerprint density at radius 3 is 2.44 bits per heavy atom. The number of hydrogen-bond acceptors (Lipinski definition) is 2. The molecule has 0 aliphatic carbocycles. The van der Waals surface area contributed by atoms with Crippen molar-refractivity contribution in [1.82, 2.24) is 0 Å². The molecule has 4 heteroatoms. The molecule has 1 rings (SSSR count). The summed E-state index contributed by atoms with van der Waals surface area (Å²) in [5.41, 5.74) is 0. The minimum absolute atomic E-state index is 0.0710. The summed E-state index contributed by atoms with van der Waals surface area (Å²) in [6.07, 6.45) is 0.508. The average molecular weight is 165 g/mol. The molecule has 0 saturated heterocycles. The molecule has 0 bridgehead atoms. The minimum atomic E-state index is 0.0710. The summed E-state index contributed by atoms with van der Waals surface area (Å²) in [6.45, 7) is 0. The Morgan fingerprint density at radius 2 is 2.22 bits per heavy atom. The van der Waals surface area contributed by atoms with E-state index in [2.05, 4.69) is 4.42 Å². The second-order valence-electron chi connectivity index (χ2n) is 1.38. The standard InChI is InChI=1S/C5H2Cl2O2/c6-3-1-5(7)9-4(3)2-8/h1-2H. The van der Waals surface area contributed by atoms with Gasteiger partial charge in [0.1, 0.15) is 0 Å². The van der Waals surface area contributed by atoms with Crippen LogP contribution in [0.2, 0.25) is 10.2 Å². The van der Waals surface area contributed by atoms with Crippen LogP contribution >= 0.6 is 23.2 Å². The molecule has 0 spiro atoms. The van der Waals surface area contributed by atoms with Crippen molar-refractivity contribution in [1.29, 1.82) is 0 Å². The summed E-state index contributed by atoms with van der Waals surface area (Å²) in [4.78, 5) is 10.0. The lowest BCUT2D eigenvalue weighted by molar-refractivity contribution is 0.110. The largest absolute Gasteiger partial charge is 0.440 e. The molecule has 0 fully saturated rings. The summed E-state index contributed by atoms with van der Waals surface area (Å²) in [7, 11) is 0. The summed E-state index contributed by atoms with van der Waals surface area (Å²) < 4.78 is 4.63. The zero-order valence-electron chi connectivity index (χ0n) is 4.23. The van der Waals surface area contributed by atoms with Crippen LogP contribution in [-0.4, -0.2) is 6.29 Å². The van der Waals surface area contributed by atoms with E-state index in [1.165, 1.54) is 6.07 Å².